The Kier molecular flexibility index (Phi) is 11.4. The van der Waals surface area contributed by atoms with Gasteiger partial charge in [-0.25, -0.2) is 8.42 Å². The highest BCUT2D eigenvalue weighted by Crippen LogP contribution is 2.13. The lowest BCUT2D eigenvalue weighted by Crippen LogP contribution is -2.54. The number of ether oxygens (including phenoxy) is 2. The third-order valence-corrected chi connectivity index (χ3v) is 6.36. The second-order valence-corrected chi connectivity index (χ2v) is 9.04. The first kappa shape index (κ1) is 24.9. The molecule has 2 aliphatic rings. The van der Waals surface area contributed by atoms with Gasteiger partial charge >= 0.3 is 0 Å². The van der Waals surface area contributed by atoms with Crippen molar-refractivity contribution < 1.29 is 17.9 Å². The zero-order valence-electron chi connectivity index (χ0n) is 16.7. The lowest BCUT2D eigenvalue weighted by Gasteiger charge is -2.36. The molecule has 2 rings (SSSR count). The van der Waals surface area contributed by atoms with Gasteiger partial charge in [0.15, 0.2) is 5.96 Å². The molecule has 1 N–H and O–H groups in total. The Morgan fingerprint density at radius 1 is 1.30 bits per heavy atom. The van der Waals surface area contributed by atoms with Gasteiger partial charge in [-0.1, -0.05) is 0 Å². The standard InChI is InChI=1S/C17H34N4O4S.HI/c1-4-18-17(19-14-16-6-5-11-25-16)20-7-9-21(10-8-20)26(22,23)13-12-24-15(2)3;/h15-16H,4-14H2,1-3H3,(H,18,19);1H. The summed E-state index contributed by atoms with van der Waals surface area (Å²) in [5.74, 6) is 0.890. The Balaban J connectivity index is 0.00000364. The van der Waals surface area contributed by atoms with Crippen LogP contribution >= 0.6 is 24.0 Å². The minimum atomic E-state index is -3.26. The van der Waals surface area contributed by atoms with Crippen LogP contribution in [0.4, 0.5) is 0 Å². The van der Waals surface area contributed by atoms with Crippen LogP contribution in [0.3, 0.4) is 0 Å². The van der Waals surface area contributed by atoms with E-state index in [1.165, 1.54) is 0 Å². The molecule has 0 spiro atoms. The lowest BCUT2D eigenvalue weighted by atomic mass is 10.2. The Bertz CT molecular complexity index is 545. The van der Waals surface area contributed by atoms with Gasteiger partial charge in [0.25, 0.3) is 0 Å². The first-order valence-corrected chi connectivity index (χ1v) is 11.3. The van der Waals surface area contributed by atoms with E-state index in [0.29, 0.717) is 32.7 Å². The van der Waals surface area contributed by atoms with E-state index in [1.54, 1.807) is 4.31 Å². The number of nitrogens with zero attached hydrogens (tertiary/aromatic N) is 3. The van der Waals surface area contributed by atoms with Crippen LogP contribution in [0, 0.1) is 0 Å². The number of hydrogen-bond acceptors (Lipinski definition) is 5. The van der Waals surface area contributed by atoms with E-state index < -0.39 is 10.0 Å². The summed E-state index contributed by atoms with van der Waals surface area (Å²) >= 11 is 0. The molecular formula is C17H35IN4O4S. The summed E-state index contributed by atoms with van der Waals surface area (Å²) in [6, 6.07) is 0. The first-order valence-electron chi connectivity index (χ1n) is 9.66. The van der Waals surface area contributed by atoms with Crippen molar-refractivity contribution in [2.24, 2.45) is 4.99 Å². The maximum Gasteiger partial charge on any atom is 0.216 e. The van der Waals surface area contributed by atoms with Crippen LogP contribution < -0.4 is 5.32 Å². The van der Waals surface area contributed by atoms with E-state index in [2.05, 4.69) is 10.2 Å². The Morgan fingerprint density at radius 2 is 2.00 bits per heavy atom. The Hall–Kier alpha value is -0.170. The largest absolute Gasteiger partial charge is 0.378 e. The number of halogens is 1. The zero-order valence-corrected chi connectivity index (χ0v) is 19.9. The fourth-order valence-electron chi connectivity index (χ4n) is 3.10. The van der Waals surface area contributed by atoms with Gasteiger partial charge in [0.2, 0.25) is 10.0 Å². The van der Waals surface area contributed by atoms with Crippen LogP contribution in [0.25, 0.3) is 0 Å². The SMILES string of the molecule is CCNC(=NCC1CCCO1)N1CCN(S(=O)(=O)CCOC(C)C)CC1.I. The number of aliphatic imine (C=N–C) groups is 1. The average molecular weight is 518 g/mol. The summed E-state index contributed by atoms with van der Waals surface area (Å²) in [6.07, 6.45) is 2.43. The molecule has 2 fully saturated rings. The van der Waals surface area contributed by atoms with Crippen molar-refractivity contribution in [1.29, 1.82) is 0 Å². The van der Waals surface area contributed by atoms with E-state index in [0.717, 1.165) is 32.0 Å². The molecule has 0 amide bonds. The highest BCUT2D eigenvalue weighted by atomic mass is 127. The Labute approximate surface area is 181 Å². The fourth-order valence-corrected chi connectivity index (χ4v) is 4.38. The molecule has 0 saturated carbocycles. The van der Waals surface area contributed by atoms with Gasteiger partial charge in [-0.05, 0) is 33.6 Å². The van der Waals surface area contributed by atoms with Crippen LogP contribution in [0.5, 0.6) is 0 Å². The summed E-state index contributed by atoms with van der Waals surface area (Å²) in [5, 5.41) is 3.31. The molecule has 0 aromatic rings. The highest BCUT2D eigenvalue weighted by molar-refractivity contribution is 14.0. The van der Waals surface area contributed by atoms with Crippen LogP contribution in [-0.4, -0.2) is 94.0 Å². The summed E-state index contributed by atoms with van der Waals surface area (Å²) in [7, 11) is -3.26. The minimum absolute atomic E-state index is 0. The normalized spacial score (nSPS) is 22.1. The molecule has 1 unspecified atom stereocenters. The first-order chi connectivity index (χ1) is 12.4. The van der Waals surface area contributed by atoms with Crippen molar-refractivity contribution in [3.05, 3.63) is 0 Å². The van der Waals surface area contributed by atoms with Crippen LogP contribution in [0.2, 0.25) is 0 Å². The number of piperazine rings is 1. The zero-order chi connectivity index (χ0) is 19.0. The summed E-state index contributed by atoms with van der Waals surface area (Å²) in [5.41, 5.74) is 0. The molecule has 160 valence electrons. The summed E-state index contributed by atoms with van der Waals surface area (Å²) in [6.45, 7) is 10.6. The van der Waals surface area contributed by atoms with E-state index >= 15 is 0 Å². The maximum absolute atomic E-state index is 12.4. The quantitative estimate of drug-likeness (QED) is 0.295. The van der Waals surface area contributed by atoms with Gasteiger partial charge in [-0.15, -0.1) is 24.0 Å². The van der Waals surface area contributed by atoms with Gasteiger partial charge < -0.3 is 19.7 Å². The molecule has 0 radical (unpaired) electrons. The van der Waals surface area contributed by atoms with Crippen molar-refractivity contribution in [1.82, 2.24) is 14.5 Å². The smallest absolute Gasteiger partial charge is 0.216 e. The number of nitrogens with one attached hydrogen (secondary N) is 1. The van der Waals surface area contributed by atoms with Crippen molar-refractivity contribution in [3.8, 4) is 0 Å². The van der Waals surface area contributed by atoms with Gasteiger partial charge in [0, 0.05) is 39.3 Å². The minimum Gasteiger partial charge on any atom is -0.378 e. The predicted octanol–water partition coefficient (Wildman–Crippen LogP) is 1.12. The van der Waals surface area contributed by atoms with Gasteiger partial charge in [0.1, 0.15) is 0 Å². The molecular weight excluding hydrogens is 483 g/mol. The van der Waals surface area contributed by atoms with Crippen LogP contribution in [-0.2, 0) is 19.5 Å². The van der Waals surface area contributed by atoms with Crippen molar-refractivity contribution in [2.75, 3.05) is 58.2 Å². The average Bonchev–Trinajstić information content (AvgIpc) is 3.12. The van der Waals surface area contributed by atoms with E-state index in [1.807, 2.05) is 20.8 Å². The molecule has 2 heterocycles. The van der Waals surface area contributed by atoms with E-state index in [4.69, 9.17) is 14.5 Å². The number of hydrogen-bond donors (Lipinski definition) is 1. The van der Waals surface area contributed by atoms with E-state index in [-0.39, 0.29) is 48.5 Å². The molecule has 8 nitrogen and oxygen atoms in total. The summed E-state index contributed by atoms with van der Waals surface area (Å²) in [4.78, 5) is 6.83. The Morgan fingerprint density at radius 3 is 2.56 bits per heavy atom. The fraction of sp³-hybridized carbons (Fsp3) is 0.941. The van der Waals surface area contributed by atoms with Crippen LogP contribution in [0.15, 0.2) is 4.99 Å². The van der Waals surface area contributed by atoms with Gasteiger partial charge in [-0.2, -0.15) is 4.31 Å². The number of rotatable bonds is 8. The topological polar surface area (TPSA) is 83.5 Å². The monoisotopic (exact) mass is 518 g/mol. The van der Waals surface area contributed by atoms with Crippen molar-refractivity contribution >= 4 is 40.0 Å². The third-order valence-electron chi connectivity index (χ3n) is 4.53. The van der Waals surface area contributed by atoms with Gasteiger partial charge in [-0.3, -0.25) is 4.99 Å². The predicted molar refractivity (Wildman–Crippen MR) is 118 cm³/mol. The second kappa shape index (κ2) is 12.4. The van der Waals surface area contributed by atoms with Gasteiger partial charge in [0.05, 0.1) is 31.1 Å². The van der Waals surface area contributed by atoms with Crippen molar-refractivity contribution in [2.45, 2.75) is 45.8 Å². The van der Waals surface area contributed by atoms with Crippen molar-refractivity contribution in [3.63, 3.8) is 0 Å². The molecule has 10 heteroatoms. The molecule has 1 atom stereocenters. The molecule has 27 heavy (non-hydrogen) atoms. The number of sulfonamides is 1. The second-order valence-electron chi connectivity index (χ2n) is 6.95. The third kappa shape index (κ3) is 8.38. The molecule has 0 aromatic heterocycles. The maximum atomic E-state index is 12.4. The molecule has 0 aromatic carbocycles. The molecule has 2 aliphatic heterocycles. The molecule has 0 bridgehead atoms. The van der Waals surface area contributed by atoms with Crippen LogP contribution in [0.1, 0.15) is 33.6 Å². The molecule has 2 saturated heterocycles. The van der Waals surface area contributed by atoms with E-state index in [9.17, 15) is 8.42 Å². The summed E-state index contributed by atoms with van der Waals surface area (Å²) < 4.78 is 37.4. The highest BCUT2D eigenvalue weighted by Gasteiger charge is 2.28. The lowest BCUT2D eigenvalue weighted by molar-refractivity contribution is 0.0904. The molecule has 0 aliphatic carbocycles. The number of guanidine groups is 1.